The Balaban J connectivity index is 1.92. The standard InChI is InChI=1S/C16H22F3NO/c17-16(18,19)13-7-5-6-12(10-13)15(20)11-21-14-8-3-1-2-4-9-14/h5-7,10,14-15H,1-4,8-9,11,20H2. The highest BCUT2D eigenvalue weighted by atomic mass is 19.4. The lowest BCUT2D eigenvalue weighted by molar-refractivity contribution is -0.137. The first-order valence-corrected chi connectivity index (χ1v) is 7.51. The Kier molecular flexibility index (Phi) is 5.65. The highest BCUT2D eigenvalue weighted by molar-refractivity contribution is 5.27. The van der Waals surface area contributed by atoms with Gasteiger partial charge in [-0.1, -0.05) is 37.8 Å². The third-order valence-corrected chi connectivity index (χ3v) is 3.96. The molecular formula is C16H22F3NO. The van der Waals surface area contributed by atoms with Gasteiger partial charge in [0, 0.05) is 0 Å². The summed E-state index contributed by atoms with van der Waals surface area (Å²) < 4.78 is 43.8. The summed E-state index contributed by atoms with van der Waals surface area (Å²) in [4.78, 5) is 0. The van der Waals surface area contributed by atoms with Gasteiger partial charge >= 0.3 is 6.18 Å². The molecule has 0 saturated heterocycles. The van der Waals surface area contributed by atoms with Gasteiger partial charge in [-0.2, -0.15) is 13.2 Å². The molecule has 1 aliphatic rings. The smallest absolute Gasteiger partial charge is 0.376 e. The molecule has 0 aromatic heterocycles. The monoisotopic (exact) mass is 301 g/mol. The van der Waals surface area contributed by atoms with Gasteiger partial charge in [0.2, 0.25) is 0 Å². The van der Waals surface area contributed by atoms with Crippen LogP contribution in [-0.2, 0) is 10.9 Å². The summed E-state index contributed by atoms with van der Waals surface area (Å²) >= 11 is 0. The van der Waals surface area contributed by atoms with Crippen molar-refractivity contribution in [1.29, 1.82) is 0 Å². The number of alkyl halides is 3. The maximum absolute atomic E-state index is 12.7. The van der Waals surface area contributed by atoms with Gasteiger partial charge in [0.15, 0.2) is 0 Å². The number of halogens is 3. The fraction of sp³-hybridized carbons (Fsp3) is 0.625. The van der Waals surface area contributed by atoms with Crippen LogP contribution in [0.5, 0.6) is 0 Å². The van der Waals surface area contributed by atoms with Gasteiger partial charge in [-0.25, -0.2) is 0 Å². The quantitative estimate of drug-likeness (QED) is 0.834. The van der Waals surface area contributed by atoms with Crippen LogP contribution < -0.4 is 5.73 Å². The second kappa shape index (κ2) is 7.27. The van der Waals surface area contributed by atoms with Crippen molar-refractivity contribution in [2.75, 3.05) is 6.61 Å². The number of benzene rings is 1. The van der Waals surface area contributed by atoms with E-state index in [0.717, 1.165) is 37.8 Å². The van der Waals surface area contributed by atoms with Crippen LogP contribution in [0.3, 0.4) is 0 Å². The zero-order chi connectivity index (χ0) is 15.3. The van der Waals surface area contributed by atoms with Crippen molar-refractivity contribution in [2.45, 2.75) is 56.8 Å². The molecule has 21 heavy (non-hydrogen) atoms. The molecule has 2 rings (SSSR count). The lowest BCUT2D eigenvalue weighted by atomic mass is 10.0. The van der Waals surface area contributed by atoms with E-state index in [4.69, 9.17) is 10.5 Å². The number of hydrogen-bond acceptors (Lipinski definition) is 2. The minimum Gasteiger partial charge on any atom is -0.376 e. The molecular weight excluding hydrogens is 279 g/mol. The van der Waals surface area contributed by atoms with Gasteiger partial charge in [-0.3, -0.25) is 0 Å². The van der Waals surface area contributed by atoms with Crippen LogP contribution in [-0.4, -0.2) is 12.7 Å². The Hall–Kier alpha value is -1.07. The maximum atomic E-state index is 12.7. The van der Waals surface area contributed by atoms with Crippen LogP contribution in [0.15, 0.2) is 24.3 Å². The van der Waals surface area contributed by atoms with Crippen LogP contribution in [0.4, 0.5) is 13.2 Å². The zero-order valence-electron chi connectivity index (χ0n) is 12.0. The van der Waals surface area contributed by atoms with Crippen molar-refractivity contribution in [1.82, 2.24) is 0 Å². The molecule has 1 aliphatic carbocycles. The Morgan fingerprint density at radius 1 is 1.14 bits per heavy atom. The predicted octanol–water partition coefficient (Wildman–Crippen LogP) is 4.44. The van der Waals surface area contributed by atoms with Gasteiger partial charge in [0.25, 0.3) is 0 Å². The van der Waals surface area contributed by atoms with E-state index in [1.165, 1.54) is 18.9 Å². The molecule has 0 spiro atoms. The fourth-order valence-corrected chi connectivity index (χ4v) is 2.69. The number of rotatable bonds is 4. The third kappa shape index (κ3) is 5.00. The molecule has 1 fully saturated rings. The minimum atomic E-state index is -4.34. The molecule has 2 N–H and O–H groups in total. The maximum Gasteiger partial charge on any atom is 0.416 e. The highest BCUT2D eigenvalue weighted by Crippen LogP contribution is 2.30. The topological polar surface area (TPSA) is 35.2 Å². The molecule has 1 aromatic carbocycles. The van der Waals surface area contributed by atoms with Gasteiger partial charge in [0.1, 0.15) is 0 Å². The zero-order valence-corrected chi connectivity index (χ0v) is 12.0. The molecule has 118 valence electrons. The van der Waals surface area contributed by atoms with Crippen molar-refractivity contribution in [2.24, 2.45) is 5.73 Å². The largest absolute Gasteiger partial charge is 0.416 e. The van der Waals surface area contributed by atoms with Crippen molar-refractivity contribution in [3.63, 3.8) is 0 Å². The molecule has 0 heterocycles. The highest BCUT2D eigenvalue weighted by Gasteiger charge is 2.30. The molecule has 5 heteroatoms. The second-order valence-corrected chi connectivity index (χ2v) is 5.68. The summed E-state index contributed by atoms with van der Waals surface area (Å²) in [6.45, 7) is 0.270. The first-order valence-electron chi connectivity index (χ1n) is 7.51. The average molecular weight is 301 g/mol. The summed E-state index contributed by atoms with van der Waals surface area (Å²) in [5.74, 6) is 0. The average Bonchev–Trinajstić information content (AvgIpc) is 2.72. The summed E-state index contributed by atoms with van der Waals surface area (Å²) in [5, 5.41) is 0. The van der Waals surface area contributed by atoms with Gasteiger partial charge in [0.05, 0.1) is 24.3 Å². The van der Waals surface area contributed by atoms with E-state index in [9.17, 15) is 13.2 Å². The van der Waals surface area contributed by atoms with Crippen LogP contribution in [0, 0.1) is 0 Å². The van der Waals surface area contributed by atoms with Crippen molar-refractivity contribution in [3.8, 4) is 0 Å². The molecule has 0 aliphatic heterocycles. The van der Waals surface area contributed by atoms with E-state index in [2.05, 4.69) is 0 Å². The number of nitrogens with two attached hydrogens (primary N) is 1. The van der Waals surface area contributed by atoms with Crippen LogP contribution in [0.1, 0.15) is 55.7 Å². The fourth-order valence-electron chi connectivity index (χ4n) is 2.69. The third-order valence-electron chi connectivity index (χ3n) is 3.96. The second-order valence-electron chi connectivity index (χ2n) is 5.68. The number of hydrogen-bond donors (Lipinski definition) is 1. The van der Waals surface area contributed by atoms with Crippen molar-refractivity contribution in [3.05, 3.63) is 35.4 Å². The Morgan fingerprint density at radius 3 is 2.43 bits per heavy atom. The normalized spacial score (nSPS) is 19.2. The molecule has 1 unspecified atom stereocenters. The predicted molar refractivity (Wildman–Crippen MR) is 75.8 cm³/mol. The summed E-state index contributed by atoms with van der Waals surface area (Å²) in [5.41, 5.74) is 5.78. The Bertz CT molecular complexity index is 439. The molecule has 0 radical (unpaired) electrons. The first-order chi connectivity index (χ1) is 9.97. The molecule has 0 bridgehead atoms. The van der Waals surface area contributed by atoms with E-state index in [1.807, 2.05) is 0 Å². The van der Waals surface area contributed by atoms with E-state index in [-0.39, 0.29) is 12.7 Å². The van der Waals surface area contributed by atoms with E-state index in [1.54, 1.807) is 6.07 Å². The van der Waals surface area contributed by atoms with Crippen LogP contribution in [0.25, 0.3) is 0 Å². The Morgan fingerprint density at radius 2 is 1.81 bits per heavy atom. The Labute approximate surface area is 123 Å². The van der Waals surface area contributed by atoms with E-state index in [0.29, 0.717) is 5.56 Å². The van der Waals surface area contributed by atoms with Gasteiger partial charge < -0.3 is 10.5 Å². The van der Waals surface area contributed by atoms with Crippen molar-refractivity contribution >= 4 is 0 Å². The van der Waals surface area contributed by atoms with Crippen LogP contribution in [0.2, 0.25) is 0 Å². The minimum absolute atomic E-state index is 0.198. The SMILES string of the molecule is NC(COC1CCCCCC1)c1cccc(C(F)(F)F)c1. The molecule has 0 amide bonds. The molecule has 2 nitrogen and oxygen atoms in total. The molecule has 1 atom stereocenters. The molecule has 1 aromatic rings. The lowest BCUT2D eigenvalue weighted by Gasteiger charge is -2.19. The van der Waals surface area contributed by atoms with Crippen LogP contribution >= 0.6 is 0 Å². The number of ether oxygens (including phenoxy) is 1. The summed E-state index contributed by atoms with van der Waals surface area (Å²) in [6, 6.07) is 4.67. The van der Waals surface area contributed by atoms with Gasteiger partial charge in [-0.15, -0.1) is 0 Å². The lowest BCUT2D eigenvalue weighted by Crippen LogP contribution is -2.22. The van der Waals surface area contributed by atoms with E-state index < -0.39 is 17.8 Å². The summed E-state index contributed by atoms with van der Waals surface area (Å²) in [7, 11) is 0. The van der Waals surface area contributed by atoms with Crippen molar-refractivity contribution < 1.29 is 17.9 Å². The van der Waals surface area contributed by atoms with Gasteiger partial charge in [-0.05, 0) is 30.5 Å². The first kappa shape index (κ1) is 16.3. The summed E-state index contributed by atoms with van der Waals surface area (Å²) in [6.07, 6.45) is 2.69. The van der Waals surface area contributed by atoms with E-state index >= 15 is 0 Å². The molecule has 1 saturated carbocycles.